The summed E-state index contributed by atoms with van der Waals surface area (Å²) in [5.74, 6) is 0.808. The average Bonchev–Trinajstić information content (AvgIpc) is 2.55. The zero-order valence-corrected chi connectivity index (χ0v) is 14.2. The minimum atomic E-state index is -0.0538. The van der Waals surface area contributed by atoms with Crippen LogP contribution in [0.2, 0.25) is 0 Å². The highest BCUT2D eigenvalue weighted by atomic mass is 16.5. The van der Waals surface area contributed by atoms with E-state index < -0.39 is 0 Å². The quantitative estimate of drug-likeness (QED) is 0.891. The predicted octanol–water partition coefficient (Wildman–Crippen LogP) is 3.04. The van der Waals surface area contributed by atoms with E-state index >= 15 is 0 Å². The molecule has 0 saturated carbocycles. The minimum absolute atomic E-state index is 0.0538. The molecule has 0 aliphatic rings. The number of methoxy groups -OCH3 is 1. The third-order valence-corrected chi connectivity index (χ3v) is 3.76. The lowest BCUT2D eigenvalue weighted by atomic mass is 10.1. The van der Waals surface area contributed by atoms with Gasteiger partial charge in [0.1, 0.15) is 5.75 Å². The van der Waals surface area contributed by atoms with Gasteiger partial charge in [0.05, 0.1) is 7.11 Å². The number of hydrogen-bond acceptors (Lipinski definition) is 3. The highest BCUT2D eigenvalue weighted by Crippen LogP contribution is 2.19. The van der Waals surface area contributed by atoms with Gasteiger partial charge in [0.2, 0.25) is 0 Å². The van der Waals surface area contributed by atoms with Crippen LogP contribution in [0.3, 0.4) is 0 Å². The molecule has 0 spiro atoms. The summed E-state index contributed by atoms with van der Waals surface area (Å²) < 4.78 is 5.36. The third-order valence-electron chi connectivity index (χ3n) is 3.76. The number of carbonyl (C=O) groups is 1. The predicted molar refractivity (Wildman–Crippen MR) is 94.5 cm³/mol. The Morgan fingerprint density at radius 1 is 1.13 bits per heavy atom. The lowest BCUT2D eigenvalue weighted by molar-refractivity contribution is 0.0954. The Bertz CT molecular complexity index is 664. The van der Waals surface area contributed by atoms with Crippen molar-refractivity contribution in [3.8, 4) is 5.75 Å². The number of hydrogen-bond donors (Lipinski definition) is 1. The molecule has 2 rings (SSSR count). The van der Waals surface area contributed by atoms with Crippen LogP contribution in [0.4, 0.5) is 5.69 Å². The van der Waals surface area contributed by atoms with Gasteiger partial charge >= 0.3 is 0 Å². The standard InChI is InChI=1S/C19H24N2O2/c1-14-5-10-18(23-4)16(13-14)11-12-20-19(22)15-6-8-17(9-7-15)21(2)3/h5-10,13H,11-12H2,1-4H3,(H,20,22). The molecule has 0 aliphatic heterocycles. The summed E-state index contributed by atoms with van der Waals surface area (Å²) >= 11 is 0. The van der Waals surface area contributed by atoms with Crippen LogP contribution in [0.25, 0.3) is 0 Å². The highest BCUT2D eigenvalue weighted by Gasteiger charge is 2.07. The minimum Gasteiger partial charge on any atom is -0.496 e. The van der Waals surface area contributed by atoms with Crippen molar-refractivity contribution in [1.82, 2.24) is 5.32 Å². The maximum Gasteiger partial charge on any atom is 0.251 e. The fraction of sp³-hybridized carbons (Fsp3) is 0.316. The molecular formula is C19H24N2O2. The molecule has 0 saturated heterocycles. The van der Waals surface area contributed by atoms with Crippen molar-refractivity contribution in [1.29, 1.82) is 0 Å². The number of nitrogens with one attached hydrogen (secondary N) is 1. The first kappa shape index (κ1) is 16.9. The number of nitrogens with zero attached hydrogens (tertiary/aromatic N) is 1. The van der Waals surface area contributed by atoms with Crippen molar-refractivity contribution in [3.63, 3.8) is 0 Å². The summed E-state index contributed by atoms with van der Waals surface area (Å²) in [7, 11) is 5.62. The van der Waals surface area contributed by atoms with Gasteiger partial charge < -0.3 is 15.0 Å². The Labute approximate surface area is 138 Å². The van der Waals surface area contributed by atoms with Crippen LogP contribution in [-0.2, 0) is 6.42 Å². The molecule has 122 valence electrons. The van der Waals surface area contributed by atoms with E-state index in [0.29, 0.717) is 12.1 Å². The van der Waals surface area contributed by atoms with Crippen LogP contribution in [0, 0.1) is 6.92 Å². The van der Waals surface area contributed by atoms with Crippen LogP contribution < -0.4 is 15.0 Å². The molecule has 0 unspecified atom stereocenters. The van der Waals surface area contributed by atoms with Crippen molar-refractivity contribution in [3.05, 3.63) is 59.2 Å². The second-order valence-electron chi connectivity index (χ2n) is 5.76. The van der Waals surface area contributed by atoms with E-state index in [-0.39, 0.29) is 5.91 Å². The maximum absolute atomic E-state index is 12.2. The summed E-state index contributed by atoms with van der Waals surface area (Å²) in [6.07, 6.45) is 0.742. The van der Waals surface area contributed by atoms with Crippen LogP contribution in [0.1, 0.15) is 21.5 Å². The Kier molecular flexibility index (Phi) is 5.63. The van der Waals surface area contributed by atoms with Crippen LogP contribution in [0.5, 0.6) is 5.75 Å². The SMILES string of the molecule is COc1ccc(C)cc1CCNC(=O)c1ccc(N(C)C)cc1. The summed E-state index contributed by atoms with van der Waals surface area (Å²) in [4.78, 5) is 14.2. The smallest absolute Gasteiger partial charge is 0.251 e. The van der Waals surface area contributed by atoms with Crippen molar-refractivity contribution in [2.75, 3.05) is 32.6 Å². The fourth-order valence-corrected chi connectivity index (χ4v) is 2.43. The Morgan fingerprint density at radius 3 is 2.43 bits per heavy atom. The molecule has 0 heterocycles. The highest BCUT2D eigenvalue weighted by molar-refractivity contribution is 5.94. The Hall–Kier alpha value is -2.49. The normalized spacial score (nSPS) is 10.3. The molecule has 1 N–H and O–H groups in total. The molecule has 0 aromatic heterocycles. The zero-order chi connectivity index (χ0) is 16.8. The van der Waals surface area contributed by atoms with E-state index in [1.165, 1.54) is 5.56 Å². The average molecular weight is 312 g/mol. The monoisotopic (exact) mass is 312 g/mol. The molecule has 1 amide bonds. The van der Waals surface area contributed by atoms with Gasteiger partial charge in [0.25, 0.3) is 5.91 Å². The summed E-state index contributed by atoms with van der Waals surface area (Å²) in [6.45, 7) is 2.63. The van der Waals surface area contributed by atoms with Gasteiger partial charge in [-0.3, -0.25) is 4.79 Å². The first-order valence-corrected chi connectivity index (χ1v) is 7.70. The van der Waals surface area contributed by atoms with E-state index in [9.17, 15) is 4.79 Å². The van der Waals surface area contributed by atoms with Gasteiger partial charge in [-0.1, -0.05) is 17.7 Å². The molecule has 0 radical (unpaired) electrons. The summed E-state index contributed by atoms with van der Waals surface area (Å²) in [5.41, 5.74) is 4.04. The van der Waals surface area contributed by atoms with Crippen molar-refractivity contribution in [2.24, 2.45) is 0 Å². The van der Waals surface area contributed by atoms with Gasteiger partial charge in [-0.15, -0.1) is 0 Å². The van der Waals surface area contributed by atoms with Gasteiger partial charge in [0, 0.05) is 31.9 Å². The van der Waals surface area contributed by atoms with Crippen molar-refractivity contribution >= 4 is 11.6 Å². The van der Waals surface area contributed by atoms with E-state index in [1.54, 1.807) is 7.11 Å². The second kappa shape index (κ2) is 7.68. The number of amides is 1. The van der Waals surface area contributed by atoms with Gasteiger partial charge in [-0.25, -0.2) is 0 Å². The molecular weight excluding hydrogens is 288 g/mol. The van der Waals surface area contributed by atoms with Crippen LogP contribution in [-0.4, -0.2) is 33.7 Å². The molecule has 0 atom stereocenters. The van der Waals surface area contributed by atoms with Crippen LogP contribution in [0.15, 0.2) is 42.5 Å². The Morgan fingerprint density at radius 2 is 1.83 bits per heavy atom. The van der Waals surface area contributed by atoms with E-state index in [2.05, 4.69) is 11.4 Å². The molecule has 23 heavy (non-hydrogen) atoms. The third kappa shape index (κ3) is 4.49. The summed E-state index contributed by atoms with van der Waals surface area (Å²) in [6, 6.07) is 13.7. The van der Waals surface area contributed by atoms with Crippen molar-refractivity contribution in [2.45, 2.75) is 13.3 Å². The second-order valence-corrected chi connectivity index (χ2v) is 5.76. The molecule has 4 heteroatoms. The zero-order valence-electron chi connectivity index (χ0n) is 14.2. The fourth-order valence-electron chi connectivity index (χ4n) is 2.43. The number of anilines is 1. The Balaban J connectivity index is 1.93. The summed E-state index contributed by atoms with van der Waals surface area (Å²) in [5, 5.41) is 2.96. The molecule has 0 fully saturated rings. The van der Waals surface area contributed by atoms with E-state index in [0.717, 1.165) is 23.4 Å². The first-order chi connectivity index (χ1) is 11.0. The number of carbonyl (C=O) groups excluding carboxylic acids is 1. The van der Waals surface area contributed by atoms with Gasteiger partial charge in [-0.2, -0.15) is 0 Å². The number of aryl methyl sites for hydroxylation is 1. The van der Waals surface area contributed by atoms with E-state index in [1.807, 2.05) is 62.3 Å². The first-order valence-electron chi connectivity index (χ1n) is 7.70. The molecule has 0 bridgehead atoms. The largest absolute Gasteiger partial charge is 0.496 e. The topological polar surface area (TPSA) is 41.6 Å². The number of benzene rings is 2. The number of ether oxygens (including phenoxy) is 1. The number of rotatable bonds is 6. The lowest BCUT2D eigenvalue weighted by Crippen LogP contribution is -2.25. The molecule has 2 aromatic carbocycles. The molecule has 0 aliphatic carbocycles. The van der Waals surface area contributed by atoms with Gasteiger partial charge in [0.15, 0.2) is 0 Å². The molecule has 2 aromatic rings. The lowest BCUT2D eigenvalue weighted by Gasteiger charge is -2.13. The molecule has 4 nitrogen and oxygen atoms in total. The van der Waals surface area contributed by atoms with Gasteiger partial charge in [-0.05, 0) is 49.2 Å². The van der Waals surface area contributed by atoms with Crippen LogP contribution >= 0.6 is 0 Å². The van der Waals surface area contributed by atoms with E-state index in [4.69, 9.17) is 4.74 Å². The van der Waals surface area contributed by atoms with Crippen molar-refractivity contribution < 1.29 is 9.53 Å². The maximum atomic E-state index is 12.2.